The Morgan fingerprint density at radius 2 is 1.92 bits per heavy atom. The van der Waals surface area contributed by atoms with E-state index in [0.29, 0.717) is 11.0 Å². The van der Waals surface area contributed by atoms with Crippen molar-refractivity contribution in [1.29, 1.82) is 0 Å². The second kappa shape index (κ2) is 6.76. The van der Waals surface area contributed by atoms with Crippen molar-refractivity contribution in [1.82, 2.24) is 14.8 Å². The van der Waals surface area contributed by atoms with E-state index in [1.54, 1.807) is 24.5 Å². The van der Waals surface area contributed by atoms with Crippen LogP contribution < -0.4 is 4.90 Å². The molecule has 130 valence electrons. The summed E-state index contributed by atoms with van der Waals surface area (Å²) in [4.78, 5) is 14.6. The number of benzene rings is 1. The lowest BCUT2D eigenvalue weighted by Crippen LogP contribution is -2.41. The molecule has 25 heavy (non-hydrogen) atoms. The van der Waals surface area contributed by atoms with Crippen LogP contribution in [0.4, 0.5) is 5.69 Å². The maximum atomic E-state index is 12.9. The summed E-state index contributed by atoms with van der Waals surface area (Å²) >= 11 is 1.39. The highest BCUT2D eigenvalue weighted by molar-refractivity contribution is 8.01. The summed E-state index contributed by atoms with van der Waals surface area (Å²) in [6, 6.07) is 11.4. The van der Waals surface area contributed by atoms with Gasteiger partial charge in [0, 0.05) is 19.8 Å². The van der Waals surface area contributed by atoms with E-state index in [2.05, 4.69) is 10.2 Å². The highest BCUT2D eigenvalue weighted by Gasteiger charge is 2.34. The molecule has 0 unspecified atom stereocenters. The fourth-order valence-corrected chi connectivity index (χ4v) is 3.48. The predicted molar refractivity (Wildman–Crippen MR) is 98.5 cm³/mol. The van der Waals surface area contributed by atoms with Crippen molar-refractivity contribution in [3.63, 3.8) is 0 Å². The van der Waals surface area contributed by atoms with Crippen LogP contribution in [-0.2, 0) is 11.8 Å². The first-order valence-corrected chi connectivity index (χ1v) is 8.66. The fraction of sp³-hybridized carbons (Fsp3) is 0.278. The van der Waals surface area contributed by atoms with Crippen molar-refractivity contribution in [3.8, 4) is 11.4 Å². The minimum absolute atomic E-state index is 0.00318. The zero-order valence-corrected chi connectivity index (χ0v) is 15.4. The Balaban J connectivity index is 1.81. The molecule has 0 N–H and O–H groups in total. The third-order valence-corrected chi connectivity index (χ3v) is 5.15. The van der Waals surface area contributed by atoms with E-state index >= 15 is 0 Å². The van der Waals surface area contributed by atoms with Crippen LogP contribution in [-0.4, -0.2) is 32.5 Å². The zero-order valence-electron chi connectivity index (χ0n) is 14.6. The molecule has 1 amide bonds. The normalized spacial score (nSPS) is 11.5. The molecule has 2 aromatic heterocycles. The molecule has 0 spiro atoms. The molecule has 0 aliphatic heterocycles. The monoisotopic (exact) mass is 356 g/mol. The molecule has 0 radical (unpaired) electrons. The quantitative estimate of drug-likeness (QED) is 0.654. The van der Waals surface area contributed by atoms with Gasteiger partial charge >= 0.3 is 0 Å². The molecule has 0 bridgehead atoms. The van der Waals surface area contributed by atoms with Crippen molar-refractivity contribution >= 4 is 23.4 Å². The maximum absolute atomic E-state index is 12.9. The van der Waals surface area contributed by atoms with E-state index in [4.69, 9.17) is 4.42 Å². The Kier molecular flexibility index (Phi) is 4.67. The Morgan fingerprint density at radius 1 is 1.20 bits per heavy atom. The molecular weight excluding hydrogens is 336 g/mol. The van der Waals surface area contributed by atoms with Crippen molar-refractivity contribution in [2.75, 3.05) is 11.9 Å². The summed E-state index contributed by atoms with van der Waals surface area (Å²) < 4.78 is 6.28. The minimum Gasteiger partial charge on any atom is -0.472 e. The predicted octanol–water partition coefficient (Wildman–Crippen LogP) is 3.61. The zero-order chi connectivity index (χ0) is 18.0. The van der Waals surface area contributed by atoms with Crippen LogP contribution in [0.5, 0.6) is 0 Å². The van der Waals surface area contributed by atoms with Crippen LogP contribution >= 0.6 is 11.8 Å². The second-order valence-electron chi connectivity index (χ2n) is 6.19. The molecular formula is C18H20N4O2S. The summed E-state index contributed by atoms with van der Waals surface area (Å²) in [5.74, 6) is 0.701. The van der Waals surface area contributed by atoms with Crippen LogP contribution in [0.1, 0.15) is 13.8 Å². The van der Waals surface area contributed by atoms with Gasteiger partial charge in [-0.1, -0.05) is 30.0 Å². The lowest BCUT2D eigenvalue weighted by Gasteiger charge is -2.28. The maximum Gasteiger partial charge on any atom is 0.242 e. The van der Waals surface area contributed by atoms with Crippen LogP contribution in [0.15, 0.2) is 58.5 Å². The largest absolute Gasteiger partial charge is 0.472 e. The van der Waals surface area contributed by atoms with Crippen LogP contribution in [0.25, 0.3) is 11.4 Å². The summed E-state index contributed by atoms with van der Waals surface area (Å²) in [7, 11) is 3.67. The minimum atomic E-state index is -0.695. The highest BCUT2D eigenvalue weighted by atomic mass is 32.2. The van der Waals surface area contributed by atoms with E-state index in [1.807, 2.05) is 61.9 Å². The smallest absolute Gasteiger partial charge is 0.242 e. The number of thioether (sulfide) groups is 1. The number of hydrogen-bond donors (Lipinski definition) is 0. The van der Waals surface area contributed by atoms with Crippen molar-refractivity contribution in [2.24, 2.45) is 7.05 Å². The topological polar surface area (TPSA) is 64.2 Å². The van der Waals surface area contributed by atoms with Crippen molar-refractivity contribution in [3.05, 3.63) is 48.9 Å². The Morgan fingerprint density at radius 3 is 2.56 bits per heavy atom. The number of amides is 1. The third-order valence-electron chi connectivity index (χ3n) is 3.92. The molecule has 2 heterocycles. The number of anilines is 1. The first-order valence-electron chi connectivity index (χ1n) is 7.84. The number of furan rings is 1. The molecule has 3 rings (SSSR count). The molecule has 0 fully saturated rings. The van der Waals surface area contributed by atoms with Crippen molar-refractivity contribution < 1.29 is 9.21 Å². The average Bonchev–Trinajstić information content (AvgIpc) is 3.25. The van der Waals surface area contributed by atoms with Gasteiger partial charge in [0.1, 0.15) is 6.26 Å². The van der Waals surface area contributed by atoms with Crippen LogP contribution in [0, 0.1) is 0 Å². The van der Waals surface area contributed by atoms with E-state index in [1.165, 1.54) is 11.8 Å². The highest BCUT2D eigenvalue weighted by Crippen LogP contribution is 2.35. The lowest BCUT2D eigenvalue weighted by molar-refractivity contribution is -0.119. The molecule has 0 aliphatic rings. The summed E-state index contributed by atoms with van der Waals surface area (Å²) in [5, 5.41) is 9.12. The van der Waals surface area contributed by atoms with Gasteiger partial charge in [0.25, 0.3) is 0 Å². The molecule has 0 saturated heterocycles. The number of carbonyl (C=O) groups is 1. The van der Waals surface area contributed by atoms with Gasteiger partial charge in [-0.15, -0.1) is 10.2 Å². The van der Waals surface area contributed by atoms with Gasteiger partial charge in [-0.25, -0.2) is 0 Å². The number of nitrogens with zero attached hydrogens (tertiary/aromatic N) is 4. The van der Waals surface area contributed by atoms with Gasteiger partial charge in [-0.2, -0.15) is 0 Å². The lowest BCUT2D eigenvalue weighted by atomic mass is 10.1. The fourth-order valence-electron chi connectivity index (χ4n) is 2.49. The SMILES string of the molecule is CN(C(=O)C(C)(C)Sc1nnc(-c2ccoc2)n1C)c1ccccc1. The summed E-state index contributed by atoms with van der Waals surface area (Å²) in [5.41, 5.74) is 1.71. The van der Waals surface area contributed by atoms with E-state index in [9.17, 15) is 4.79 Å². The van der Waals surface area contributed by atoms with Gasteiger partial charge in [-0.05, 0) is 32.0 Å². The number of aromatic nitrogens is 3. The molecule has 1 aromatic carbocycles. The first-order chi connectivity index (χ1) is 11.9. The van der Waals surface area contributed by atoms with Gasteiger partial charge < -0.3 is 13.9 Å². The van der Waals surface area contributed by atoms with E-state index in [0.717, 1.165) is 11.3 Å². The molecule has 0 aliphatic carbocycles. The molecule has 6 nitrogen and oxygen atoms in total. The molecule has 0 atom stereocenters. The molecule has 7 heteroatoms. The van der Waals surface area contributed by atoms with Crippen molar-refractivity contribution in [2.45, 2.75) is 23.8 Å². The van der Waals surface area contributed by atoms with E-state index < -0.39 is 4.75 Å². The number of hydrogen-bond acceptors (Lipinski definition) is 5. The van der Waals surface area contributed by atoms with E-state index in [-0.39, 0.29) is 5.91 Å². The number of rotatable bonds is 5. The Labute approximate surface area is 150 Å². The summed E-state index contributed by atoms with van der Waals surface area (Å²) in [6.07, 6.45) is 3.22. The van der Waals surface area contributed by atoms with Gasteiger partial charge in [0.05, 0.1) is 16.6 Å². The van der Waals surface area contributed by atoms with Crippen LogP contribution in [0.3, 0.4) is 0 Å². The number of carbonyl (C=O) groups excluding carboxylic acids is 1. The third kappa shape index (κ3) is 3.46. The average molecular weight is 356 g/mol. The molecule has 3 aromatic rings. The number of para-hydroxylation sites is 1. The van der Waals surface area contributed by atoms with Crippen LogP contribution in [0.2, 0.25) is 0 Å². The van der Waals surface area contributed by atoms with Gasteiger partial charge in [0.15, 0.2) is 11.0 Å². The summed E-state index contributed by atoms with van der Waals surface area (Å²) in [6.45, 7) is 3.79. The Bertz CT molecular complexity index is 857. The van der Waals surface area contributed by atoms with Gasteiger partial charge in [-0.3, -0.25) is 4.79 Å². The Hall–Kier alpha value is -2.54. The second-order valence-corrected chi connectivity index (χ2v) is 7.78. The molecule has 0 saturated carbocycles. The standard InChI is InChI=1S/C18H20N4O2S/c1-18(2,16(23)21(3)14-8-6-5-7-9-14)25-17-20-19-15(22(17)4)13-10-11-24-12-13/h5-12H,1-4H3. The first kappa shape index (κ1) is 17.3. The van der Waals surface area contributed by atoms with Gasteiger partial charge in [0.2, 0.25) is 5.91 Å².